The van der Waals surface area contributed by atoms with Crippen molar-refractivity contribution in [3.63, 3.8) is 0 Å². The molecule has 0 saturated carbocycles. The summed E-state index contributed by atoms with van der Waals surface area (Å²) in [5.74, 6) is -0.101. The van der Waals surface area contributed by atoms with Crippen molar-refractivity contribution in [1.29, 1.82) is 0 Å². The summed E-state index contributed by atoms with van der Waals surface area (Å²) >= 11 is 0. The van der Waals surface area contributed by atoms with Crippen molar-refractivity contribution in [2.24, 2.45) is 5.16 Å². The molecule has 0 spiro atoms. The normalized spacial score (nSPS) is 10.5. The SMILES string of the molecule is CCCCCC(=O)/C=N/O. The molecule has 58 valence electrons. The Morgan fingerprint density at radius 3 is 2.80 bits per heavy atom. The third-order valence-electron chi connectivity index (χ3n) is 1.23. The molecule has 0 atom stereocenters. The van der Waals surface area contributed by atoms with Crippen LogP contribution in [0.2, 0.25) is 0 Å². The van der Waals surface area contributed by atoms with Gasteiger partial charge in [0.25, 0.3) is 0 Å². The monoisotopic (exact) mass is 143 g/mol. The molecular weight excluding hydrogens is 130 g/mol. The maximum absolute atomic E-state index is 10.6. The number of Topliss-reactive ketones (excluding diaryl/α,β-unsaturated/α-hetero) is 1. The van der Waals surface area contributed by atoms with Crippen LogP contribution in [0.4, 0.5) is 0 Å². The van der Waals surface area contributed by atoms with Crippen LogP contribution in [0.15, 0.2) is 5.16 Å². The lowest BCUT2D eigenvalue weighted by Gasteiger charge is -1.91. The molecule has 3 nitrogen and oxygen atoms in total. The van der Waals surface area contributed by atoms with Gasteiger partial charge in [0, 0.05) is 6.42 Å². The molecule has 0 aliphatic rings. The number of rotatable bonds is 5. The number of nitrogens with zero attached hydrogens (tertiary/aromatic N) is 1. The van der Waals surface area contributed by atoms with E-state index in [0.717, 1.165) is 25.5 Å². The maximum atomic E-state index is 10.6. The highest BCUT2D eigenvalue weighted by Gasteiger charge is 1.95. The Kier molecular flexibility index (Phi) is 5.72. The quantitative estimate of drug-likeness (QED) is 0.275. The molecule has 10 heavy (non-hydrogen) atoms. The van der Waals surface area contributed by atoms with Gasteiger partial charge < -0.3 is 5.21 Å². The summed E-state index contributed by atoms with van der Waals surface area (Å²) in [7, 11) is 0. The molecule has 3 heteroatoms. The Bertz CT molecular complexity index is 121. The van der Waals surface area contributed by atoms with Crippen LogP contribution in [-0.4, -0.2) is 17.2 Å². The molecule has 0 radical (unpaired) electrons. The molecule has 0 aromatic rings. The lowest BCUT2D eigenvalue weighted by Crippen LogP contribution is -1.97. The van der Waals surface area contributed by atoms with E-state index in [4.69, 9.17) is 5.21 Å². The fraction of sp³-hybridized carbons (Fsp3) is 0.714. The van der Waals surface area contributed by atoms with Crippen molar-refractivity contribution in [3.8, 4) is 0 Å². The lowest BCUT2D eigenvalue weighted by atomic mass is 10.1. The minimum absolute atomic E-state index is 0.101. The molecule has 0 heterocycles. The van der Waals surface area contributed by atoms with E-state index in [1.54, 1.807) is 0 Å². The number of ketones is 1. The predicted octanol–water partition coefficient (Wildman–Crippen LogP) is 1.60. The zero-order valence-corrected chi connectivity index (χ0v) is 6.21. The smallest absolute Gasteiger partial charge is 0.177 e. The van der Waals surface area contributed by atoms with Gasteiger partial charge in [-0.3, -0.25) is 4.79 Å². The van der Waals surface area contributed by atoms with E-state index in [-0.39, 0.29) is 5.78 Å². The van der Waals surface area contributed by atoms with E-state index in [0.29, 0.717) is 6.42 Å². The van der Waals surface area contributed by atoms with Crippen molar-refractivity contribution in [2.45, 2.75) is 32.6 Å². The standard InChI is InChI=1S/C7H13NO2/c1-2-3-4-5-7(9)6-8-10/h6,10H,2-5H2,1H3/b8-6+. The van der Waals surface area contributed by atoms with Crippen molar-refractivity contribution >= 4 is 12.0 Å². The van der Waals surface area contributed by atoms with Crippen molar-refractivity contribution in [2.75, 3.05) is 0 Å². The first-order valence-corrected chi connectivity index (χ1v) is 3.51. The van der Waals surface area contributed by atoms with E-state index in [1.165, 1.54) is 0 Å². The van der Waals surface area contributed by atoms with Gasteiger partial charge in [-0.05, 0) is 6.42 Å². The van der Waals surface area contributed by atoms with Gasteiger partial charge in [-0.25, -0.2) is 0 Å². The molecule has 0 amide bonds. The molecule has 0 rings (SSSR count). The number of hydrogen-bond acceptors (Lipinski definition) is 3. The van der Waals surface area contributed by atoms with E-state index in [9.17, 15) is 4.79 Å². The molecular formula is C7H13NO2. The molecule has 0 unspecified atom stereocenters. The molecule has 0 aromatic heterocycles. The Labute approximate surface area is 60.7 Å². The van der Waals surface area contributed by atoms with Gasteiger partial charge in [0.1, 0.15) is 6.21 Å². The zero-order valence-electron chi connectivity index (χ0n) is 6.21. The fourth-order valence-electron chi connectivity index (χ4n) is 0.678. The highest BCUT2D eigenvalue weighted by Crippen LogP contribution is 1.97. The summed E-state index contributed by atoms with van der Waals surface area (Å²) in [5.41, 5.74) is 0. The average Bonchev–Trinajstić information content (AvgIpc) is 1.89. The van der Waals surface area contributed by atoms with Gasteiger partial charge in [-0.1, -0.05) is 24.9 Å². The molecule has 0 saturated heterocycles. The minimum Gasteiger partial charge on any atom is -0.411 e. The van der Waals surface area contributed by atoms with Crippen LogP contribution in [0.3, 0.4) is 0 Å². The Morgan fingerprint density at radius 2 is 2.30 bits per heavy atom. The molecule has 0 bridgehead atoms. The van der Waals surface area contributed by atoms with Crippen molar-refractivity contribution < 1.29 is 10.0 Å². The second kappa shape index (κ2) is 6.26. The summed E-state index contributed by atoms with van der Waals surface area (Å²) in [6.45, 7) is 2.07. The largest absolute Gasteiger partial charge is 0.411 e. The first-order valence-electron chi connectivity index (χ1n) is 3.51. The highest BCUT2D eigenvalue weighted by atomic mass is 16.4. The third-order valence-corrected chi connectivity index (χ3v) is 1.23. The second-order valence-electron chi connectivity index (χ2n) is 2.17. The molecule has 1 N–H and O–H groups in total. The summed E-state index contributed by atoms with van der Waals surface area (Å²) in [6, 6.07) is 0. The maximum Gasteiger partial charge on any atom is 0.177 e. The van der Waals surface area contributed by atoms with Crippen LogP contribution in [0.25, 0.3) is 0 Å². The number of unbranched alkanes of at least 4 members (excludes halogenated alkanes) is 2. The Morgan fingerprint density at radius 1 is 1.60 bits per heavy atom. The average molecular weight is 143 g/mol. The van der Waals surface area contributed by atoms with Gasteiger partial charge in [-0.15, -0.1) is 0 Å². The van der Waals surface area contributed by atoms with Crippen LogP contribution >= 0.6 is 0 Å². The lowest BCUT2D eigenvalue weighted by molar-refractivity contribution is -0.112. The Hall–Kier alpha value is -0.860. The van der Waals surface area contributed by atoms with E-state index in [2.05, 4.69) is 12.1 Å². The molecule has 0 aliphatic carbocycles. The number of carbonyl (C=O) groups excluding carboxylic acids is 1. The first-order chi connectivity index (χ1) is 4.81. The van der Waals surface area contributed by atoms with Gasteiger partial charge in [0.2, 0.25) is 0 Å². The van der Waals surface area contributed by atoms with Crippen molar-refractivity contribution in [1.82, 2.24) is 0 Å². The first kappa shape index (κ1) is 9.14. The third kappa shape index (κ3) is 5.28. The zero-order chi connectivity index (χ0) is 7.82. The number of hydrogen-bond donors (Lipinski definition) is 1. The van der Waals surface area contributed by atoms with E-state index >= 15 is 0 Å². The predicted molar refractivity (Wildman–Crippen MR) is 39.4 cm³/mol. The topological polar surface area (TPSA) is 49.7 Å². The van der Waals surface area contributed by atoms with Gasteiger partial charge >= 0.3 is 0 Å². The summed E-state index contributed by atoms with van der Waals surface area (Å²) < 4.78 is 0. The van der Waals surface area contributed by atoms with Crippen LogP contribution in [-0.2, 0) is 4.79 Å². The summed E-state index contributed by atoms with van der Waals surface area (Å²) in [5, 5.41) is 10.6. The summed E-state index contributed by atoms with van der Waals surface area (Å²) in [6.07, 6.45) is 4.50. The molecule has 0 aliphatic heterocycles. The van der Waals surface area contributed by atoms with Crippen LogP contribution < -0.4 is 0 Å². The van der Waals surface area contributed by atoms with Gasteiger partial charge in [0.15, 0.2) is 5.78 Å². The fourth-order valence-corrected chi connectivity index (χ4v) is 0.678. The van der Waals surface area contributed by atoms with E-state index < -0.39 is 0 Å². The van der Waals surface area contributed by atoms with Gasteiger partial charge in [-0.2, -0.15) is 0 Å². The highest BCUT2D eigenvalue weighted by molar-refractivity contribution is 6.27. The van der Waals surface area contributed by atoms with Crippen LogP contribution in [0.1, 0.15) is 32.6 Å². The Balaban J connectivity index is 3.22. The van der Waals surface area contributed by atoms with E-state index in [1.807, 2.05) is 0 Å². The number of oxime groups is 1. The summed E-state index contributed by atoms with van der Waals surface area (Å²) in [4.78, 5) is 10.6. The van der Waals surface area contributed by atoms with Crippen LogP contribution in [0.5, 0.6) is 0 Å². The second-order valence-corrected chi connectivity index (χ2v) is 2.17. The minimum atomic E-state index is -0.101. The molecule has 0 aromatic carbocycles. The molecule has 0 fully saturated rings. The van der Waals surface area contributed by atoms with Gasteiger partial charge in [0.05, 0.1) is 0 Å². The van der Waals surface area contributed by atoms with Crippen LogP contribution in [0, 0.1) is 0 Å². The van der Waals surface area contributed by atoms with Crippen molar-refractivity contribution in [3.05, 3.63) is 0 Å². The number of carbonyl (C=O) groups is 1.